The molecule has 0 bridgehead atoms. The van der Waals surface area contributed by atoms with Crippen LogP contribution in [0.25, 0.3) is 11.0 Å². The average molecular weight is 344 g/mol. The predicted octanol–water partition coefficient (Wildman–Crippen LogP) is 3.74. The molecule has 2 heterocycles. The van der Waals surface area contributed by atoms with E-state index >= 15 is 0 Å². The molecule has 1 unspecified atom stereocenters. The number of benzene rings is 1. The first-order valence-electron chi connectivity index (χ1n) is 7.06. The van der Waals surface area contributed by atoms with Gasteiger partial charge in [-0.15, -0.1) is 0 Å². The number of hydrogen-bond donors (Lipinski definition) is 1. The molecule has 0 radical (unpaired) electrons. The van der Waals surface area contributed by atoms with Crippen molar-refractivity contribution in [1.29, 1.82) is 0 Å². The summed E-state index contributed by atoms with van der Waals surface area (Å²) in [6.45, 7) is 2.85. The van der Waals surface area contributed by atoms with Gasteiger partial charge in [-0.25, -0.2) is 4.98 Å². The zero-order chi connectivity index (χ0) is 14.8. The number of halogens is 1. The van der Waals surface area contributed by atoms with Crippen molar-refractivity contribution < 1.29 is 0 Å². The van der Waals surface area contributed by atoms with Crippen molar-refractivity contribution in [3.05, 3.63) is 64.4 Å². The average Bonchev–Trinajstić information content (AvgIpc) is 2.77. The standard InChI is InChI=1S/C17H18BrN3/c1-12(19)8-14-11-21(17-16(14)6-3-7-20-17)10-13-4-2-5-15(18)9-13/h2-7,9,11-12H,8,10,19H2,1H3. The van der Waals surface area contributed by atoms with E-state index in [0.717, 1.165) is 23.1 Å². The van der Waals surface area contributed by atoms with Gasteiger partial charge in [-0.2, -0.15) is 0 Å². The summed E-state index contributed by atoms with van der Waals surface area (Å²) in [5.41, 5.74) is 9.50. The number of nitrogens with two attached hydrogens (primary N) is 1. The van der Waals surface area contributed by atoms with E-state index in [2.05, 4.69) is 55.9 Å². The van der Waals surface area contributed by atoms with Crippen molar-refractivity contribution in [1.82, 2.24) is 9.55 Å². The summed E-state index contributed by atoms with van der Waals surface area (Å²) < 4.78 is 3.30. The maximum absolute atomic E-state index is 5.96. The fraction of sp³-hybridized carbons (Fsp3) is 0.235. The minimum atomic E-state index is 0.148. The van der Waals surface area contributed by atoms with Crippen LogP contribution in [0.15, 0.2) is 53.3 Å². The second-order valence-electron chi connectivity index (χ2n) is 5.47. The molecule has 0 spiro atoms. The summed E-state index contributed by atoms with van der Waals surface area (Å²) in [5.74, 6) is 0. The van der Waals surface area contributed by atoms with Gasteiger partial charge in [0.1, 0.15) is 5.65 Å². The third kappa shape index (κ3) is 3.17. The summed E-state index contributed by atoms with van der Waals surface area (Å²) in [6.07, 6.45) is 4.89. The Hall–Kier alpha value is -1.65. The van der Waals surface area contributed by atoms with Crippen LogP contribution in [0.2, 0.25) is 0 Å². The quantitative estimate of drug-likeness (QED) is 0.784. The molecule has 4 heteroatoms. The molecule has 0 amide bonds. The van der Waals surface area contributed by atoms with Crippen LogP contribution in [0, 0.1) is 0 Å². The second kappa shape index (κ2) is 6.00. The Labute approximate surface area is 132 Å². The smallest absolute Gasteiger partial charge is 0.140 e. The molecule has 3 aromatic rings. The first-order chi connectivity index (χ1) is 10.1. The van der Waals surface area contributed by atoms with Crippen LogP contribution < -0.4 is 5.73 Å². The largest absolute Gasteiger partial charge is 0.328 e. The summed E-state index contributed by atoms with van der Waals surface area (Å²) in [5, 5.41) is 1.20. The molecule has 0 aliphatic rings. The van der Waals surface area contributed by atoms with Gasteiger partial charge >= 0.3 is 0 Å². The van der Waals surface area contributed by atoms with Gasteiger partial charge in [-0.1, -0.05) is 28.1 Å². The van der Waals surface area contributed by atoms with Gasteiger partial charge in [0.05, 0.1) is 0 Å². The highest BCUT2D eigenvalue weighted by Crippen LogP contribution is 2.22. The molecule has 3 rings (SSSR count). The number of pyridine rings is 1. The highest BCUT2D eigenvalue weighted by atomic mass is 79.9. The molecule has 0 saturated carbocycles. The predicted molar refractivity (Wildman–Crippen MR) is 90.3 cm³/mol. The van der Waals surface area contributed by atoms with Crippen molar-refractivity contribution in [2.75, 3.05) is 0 Å². The number of fused-ring (bicyclic) bond motifs is 1. The van der Waals surface area contributed by atoms with Crippen molar-refractivity contribution in [3.63, 3.8) is 0 Å². The molecule has 0 saturated heterocycles. The van der Waals surface area contributed by atoms with Gasteiger partial charge in [0.2, 0.25) is 0 Å². The lowest BCUT2D eigenvalue weighted by Crippen LogP contribution is -2.17. The summed E-state index contributed by atoms with van der Waals surface area (Å²) in [4.78, 5) is 4.54. The Morgan fingerprint density at radius 1 is 1.29 bits per heavy atom. The maximum Gasteiger partial charge on any atom is 0.140 e. The van der Waals surface area contributed by atoms with Crippen LogP contribution in [0.5, 0.6) is 0 Å². The number of nitrogens with zero attached hydrogens (tertiary/aromatic N) is 2. The van der Waals surface area contributed by atoms with Crippen molar-refractivity contribution in [2.24, 2.45) is 5.73 Å². The lowest BCUT2D eigenvalue weighted by molar-refractivity contribution is 0.734. The number of hydrogen-bond acceptors (Lipinski definition) is 2. The molecule has 0 aliphatic heterocycles. The van der Waals surface area contributed by atoms with Gasteiger partial charge in [0.25, 0.3) is 0 Å². The summed E-state index contributed by atoms with van der Waals surface area (Å²) in [6, 6.07) is 12.6. The normalized spacial score (nSPS) is 12.7. The highest BCUT2D eigenvalue weighted by molar-refractivity contribution is 9.10. The van der Waals surface area contributed by atoms with Crippen LogP contribution in [-0.2, 0) is 13.0 Å². The van der Waals surface area contributed by atoms with Gasteiger partial charge in [-0.3, -0.25) is 0 Å². The van der Waals surface area contributed by atoms with Gasteiger partial charge in [0.15, 0.2) is 0 Å². The van der Waals surface area contributed by atoms with E-state index in [4.69, 9.17) is 5.73 Å². The topological polar surface area (TPSA) is 43.8 Å². The van der Waals surface area contributed by atoms with Crippen molar-refractivity contribution >= 4 is 27.0 Å². The minimum Gasteiger partial charge on any atom is -0.328 e. The third-order valence-electron chi connectivity index (χ3n) is 3.50. The Bertz CT molecular complexity index is 762. The molecule has 0 aliphatic carbocycles. The summed E-state index contributed by atoms with van der Waals surface area (Å²) in [7, 11) is 0. The maximum atomic E-state index is 5.96. The fourth-order valence-corrected chi connectivity index (χ4v) is 3.10. The Morgan fingerprint density at radius 2 is 2.14 bits per heavy atom. The Balaban J connectivity index is 2.02. The first-order valence-corrected chi connectivity index (χ1v) is 7.85. The van der Waals surface area contributed by atoms with Crippen molar-refractivity contribution in [2.45, 2.75) is 25.9 Å². The number of aromatic nitrogens is 2. The molecule has 1 aromatic carbocycles. The van der Waals surface area contributed by atoms with E-state index in [1.807, 2.05) is 25.3 Å². The molecule has 0 fully saturated rings. The van der Waals surface area contributed by atoms with Gasteiger partial charge in [-0.05, 0) is 48.7 Å². The SMILES string of the molecule is CC(N)Cc1cn(Cc2cccc(Br)c2)c2ncccc12. The van der Waals surface area contributed by atoms with E-state index in [1.165, 1.54) is 16.5 Å². The van der Waals surface area contributed by atoms with E-state index in [1.54, 1.807) is 0 Å². The van der Waals surface area contributed by atoms with Gasteiger partial charge < -0.3 is 10.3 Å². The minimum absolute atomic E-state index is 0.148. The van der Waals surface area contributed by atoms with Crippen LogP contribution in [0.3, 0.4) is 0 Å². The number of rotatable bonds is 4. The highest BCUT2D eigenvalue weighted by Gasteiger charge is 2.11. The monoisotopic (exact) mass is 343 g/mol. The summed E-state index contributed by atoms with van der Waals surface area (Å²) >= 11 is 3.52. The fourth-order valence-electron chi connectivity index (χ4n) is 2.66. The van der Waals surface area contributed by atoms with Crippen LogP contribution in [0.4, 0.5) is 0 Å². The molecule has 21 heavy (non-hydrogen) atoms. The lowest BCUT2D eigenvalue weighted by Gasteiger charge is -2.05. The molecular weight excluding hydrogens is 326 g/mol. The Morgan fingerprint density at radius 3 is 2.90 bits per heavy atom. The lowest BCUT2D eigenvalue weighted by atomic mass is 10.1. The molecule has 2 aromatic heterocycles. The zero-order valence-electron chi connectivity index (χ0n) is 12.0. The Kier molecular flexibility index (Phi) is 4.08. The zero-order valence-corrected chi connectivity index (χ0v) is 13.5. The van der Waals surface area contributed by atoms with E-state index in [-0.39, 0.29) is 6.04 Å². The van der Waals surface area contributed by atoms with Crippen LogP contribution >= 0.6 is 15.9 Å². The molecule has 1 atom stereocenters. The van der Waals surface area contributed by atoms with E-state index < -0.39 is 0 Å². The molecule has 3 nitrogen and oxygen atoms in total. The van der Waals surface area contributed by atoms with Crippen LogP contribution in [-0.4, -0.2) is 15.6 Å². The second-order valence-corrected chi connectivity index (χ2v) is 6.38. The van der Waals surface area contributed by atoms with E-state index in [0.29, 0.717) is 0 Å². The third-order valence-corrected chi connectivity index (χ3v) is 3.99. The molecule has 108 valence electrons. The van der Waals surface area contributed by atoms with Gasteiger partial charge in [0, 0.05) is 34.8 Å². The van der Waals surface area contributed by atoms with Crippen molar-refractivity contribution in [3.8, 4) is 0 Å². The first kappa shape index (κ1) is 14.3. The van der Waals surface area contributed by atoms with Crippen LogP contribution in [0.1, 0.15) is 18.1 Å². The molecular formula is C17H18BrN3. The van der Waals surface area contributed by atoms with E-state index in [9.17, 15) is 0 Å². The molecule has 2 N–H and O–H groups in total.